The second kappa shape index (κ2) is 42.8. The number of hydrogen-bond acceptors (Lipinski definition) is 11. The number of hydrogen-bond donors (Lipinski definition) is 1. The highest BCUT2D eigenvalue weighted by Gasteiger charge is 2.21. The summed E-state index contributed by atoms with van der Waals surface area (Å²) in [6.45, 7) is 10.2. The molecule has 107 heavy (non-hydrogen) atoms. The summed E-state index contributed by atoms with van der Waals surface area (Å²) in [5.41, 5.74) is 22.8. The maximum Gasteiger partial charge on any atom is 0.253 e. The first-order valence-corrected chi connectivity index (χ1v) is 37.4. The Hall–Kier alpha value is -8.56. The fourth-order valence-electron chi connectivity index (χ4n) is 11.0. The van der Waals surface area contributed by atoms with Gasteiger partial charge in [0.1, 0.15) is 0 Å². The number of carbonyl (C=O) groups is 4. The fraction of sp³-hybridized carbons (Fsp3) is 0.256. The fourth-order valence-corrected chi connectivity index (χ4v) is 12.6. The summed E-state index contributed by atoms with van der Waals surface area (Å²) in [5, 5.41) is 3.45. The van der Waals surface area contributed by atoms with Crippen molar-refractivity contribution in [3.63, 3.8) is 0 Å². The second-order valence-electron chi connectivity index (χ2n) is 25.9. The standard InChI is InChI=1S/C19H22ClNO2.C19H21ClO2.C17H18ClNO2.C16H18ClNO3S.C15H14ClNO2/c1-13(2)21(3)19(22)15-7-10-18(16(11-15)12-23-4)14-5-8-17(20)9-6-14;1-13(2)10-19(21)15-6-9-18(16(11-15)12-22-3)14-4-7-17(20)8-5-14;1-19(2)17(20)13-6-9-16(14(10-13)11-21-3)12-4-7-15(18)8-5-12;1-18(2)22(19,20)15-8-9-16(13(10-15)11-21-3)12-4-6-14(17)7-5-12;1-19-9-12-8-11(15(17)18)4-7-14(12)10-2-5-13(16)6-3-10/h5-11,13H,12H2,1-4H3;4-9,11,13H,10,12H2,1-3H3;4-10H,11H2,1-3H3;4-10H,11H2,1-3H3;2-8H,9H2,1H3,(H2,17,18). The van der Waals surface area contributed by atoms with Gasteiger partial charge in [0, 0.05) is 131 Å². The quantitative estimate of drug-likeness (QED) is 0.0568. The van der Waals surface area contributed by atoms with E-state index in [0.717, 1.165) is 89.0 Å². The van der Waals surface area contributed by atoms with Crippen molar-refractivity contribution in [3.05, 3.63) is 288 Å². The lowest BCUT2D eigenvalue weighted by molar-refractivity contribution is 0.0753. The molecule has 15 nitrogen and oxygen atoms in total. The van der Waals surface area contributed by atoms with Gasteiger partial charge in [-0.25, -0.2) is 12.7 Å². The van der Waals surface area contributed by atoms with Crippen LogP contribution in [0.1, 0.15) is 103 Å². The Morgan fingerprint density at radius 3 is 0.897 bits per heavy atom. The second-order valence-corrected chi connectivity index (χ2v) is 30.2. The third kappa shape index (κ3) is 25.8. The summed E-state index contributed by atoms with van der Waals surface area (Å²) >= 11 is 29.6. The lowest BCUT2D eigenvalue weighted by Crippen LogP contribution is -2.33. The minimum Gasteiger partial charge on any atom is -0.380 e. The highest BCUT2D eigenvalue weighted by Crippen LogP contribution is 2.34. The maximum atomic E-state index is 12.5. The number of primary amides is 1. The molecule has 0 saturated carbocycles. The monoisotopic (exact) mass is 1560 g/mol. The van der Waals surface area contributed by atoms with E-state index in [1.54, 1.807) is 102 Å². The van der Waals surface area contributed by atoms with Gasteiger partial charge in [0.2, 0.25) is 15.9 Å². The molecule has 10 rings (SSSR count). The van der Waals surface area contributed by atoms with Crippen molar-refractivity contribution in [1.82, 2.24) is 14.1 Å². The number of methoxy groups -OCH3 is 5. The normalized spacial score (nSPS) is 10.9. The molecule has 3 amide bonds. The molecular weight excluding hydrogens is 1470 g/mol. The van der Waals surface area contributed by atoms with Crippen LogP contribution < -0.4 is 5.73 Å². The zero-order chi connectivity index (χ0) is 78.7. The third-order valence-corrected chi connectivity index (χ3v) is 19.8. The van der Waals surface area contributed by atoms with Crippen molar-refractivity contribution in [2.75, 3.05) is 70.8 Å². The number of amides is 3. The predicted molar refractivity (Wildman–Crippen MR) is 436 cm³/mol. The van der Waals surface area contributed by atoms with Gasteiger partial charge in [0.25, 0.3) is 11.8 Å². The van der Waals surface area contributed by atoms with Crippen LogP contribution in [-0.4, -0.2) is 123 Å². The van der Waals surface area contributed by atoms with Crippen molar-refractivity contribution in [2.45, 2.75) is 78.1 Å². The summed E-state index contributed by atoms with van der Waals surface area (Å²) < 4.78 is 51.9. The topological polar surface area (TPSA) is 184 Å². The van der Waals surface area contributed by atoms with Gasteiger partial charge < -0.3 is 39.2 Å². The van der Waals surface area contributed by atoms with E-state index < -0.39 is 15.9 Å². The number of nitrogens with two attached hydrogens (primary N) is 1. The Balaban J connectivity index is 0.000000210. The van der Waals surface area contributed by atoms with E-state index in [1.165, 1.54) is 18.4 Å². The largest absolute Gasteiger partial charge is 0.380 e. The van der Waals surface area contributed by atoms with E-state index in [2.05, 4.69) is 13.8 Å². The van der Waals surface area contributed by atoms with Crippen LogP contribution >= 0.6 is 58.0 Å². The number of rotatable bonds is 24. The van der Waals surface area contributed by atoms with Gasteiger partial charge in [-0.15, -0.1) is 0 Å². The first-order valence-electron chi connectivity index (χ1n) is 34.1. The molecule has 0 aliphatic heterocycles. The van der Waals surface area contributed by atoms with Gasteiger partial charge in [-0.3, -0.25) is 19.2 Å². The maximum absolute atomic E-state index is 12.5. The first-order chi connectivity index (χ1) is 50.9. The molecule has 0 aliphatic rings. The molecule has 0 heterocycles. The number of Topliss-reactive ketones (excluding diaryl/α,β-unsaturated/α-hetero) is 1. The molecule has 10 aromatic rings. The number of halogens is 5. The Morgan fingerprint density at radius 1 is 0.364 bits per heavy atom. The van der Waals surface area contributed by atoms with Crippen molar-refractivity contribution in [3.8, 4) is 55.6 Å². The third-order valence-electron chi connectivity index (χ3n) is 16.7. The van der Waals surface area contributed by atoms with Crippen molar-refractivity contribution >= 4 is 91.5 Å². The minimum atomic E-state index is -3.47. The first kappa shape index (κ1) is 87.4. The molecule has 0 aliphatic carbocycles. The van der Waals surface area contributed by atoms with Crippen LogP contribution in [-0.2, 0) is 66.7 Å². The molecule has 0 spiro atoms. The molecule has 0 radical (unpaired) electrons. The van der Waals surface area contributed by atoms with E-state index in [-0.39, 0.29) is 28.5 Å². The number of ketones is 1. The zero-order valence-corrected chi connectivity index (χ0v) is 67.4. The van der Waals surface area contributed by atoms with E-state index >= 15 is 0 Å². The molecule has 0 fully saturated rings. The van der Waals surface area contributed by atoms with Gasteiger partial charge in [-0.05, 0) is 218 Å². The van der Waals surface area contributed by atoms with Gasteiger partial charge >= 0.3 is 0 Å². The minimum absolute atomic E-state index is 0.0139. The van der Waals surface area contributed by atoms with E-state index in [0.29, 0.717) is 87.2 Å². The van der Waals surface area contributed by atoms with E-state index in [9.17, 15) is 27.6 Å². The van der Waals surface area contributed by atoms with Gasteiger partial charge in [0.15, 0.2) is 5.78 Å². The number of benzene rings is 10. The highest BCUT2D eigenvalue weighted by molar-refractivity contribution is 7.89. The smallest absolute Gasteiger partial charge is 0.253 e. The summed E-state index contributed by atoms with van der Waals surface area (Å²) in [4.78, 5) is 51.6. The molecule has 0 atom stereocenters. The van der Waals surface area contributed by atoms with Gasteiger partial charge in [0.05, 0.1) is 37.9 Å². The summed E-state index contributed by atoms with van der Waals surface area (Å²) in [5.74, 6) is 0.0827. The van der Waals surface area contributed by atoms with Crippen molar-refractivity contribution < 1.29 is 51.3 Å². The lowest BCUT2D eigenvalue weighted by atomic mass is 9.94. The van der Waals surface area contributed by atoms with Crippen LogP contribution in [0.25, 0.3) is 55.6 Å². The Kier molecular flexibility index (Phi) is 35.0. The van der Waals surface area contributed by atoms with E-state index in [1.807, 2.05) is 191 Å². The average molecular weight is 1570 g/mol. The van der Waals surface area contributed by atoms with Crippen molar-refractivity contribution in [2.24, 2.45) is 11.7 Å². The molecule has 0 unspecified atom stereocenters. The number of carbonyl (C=O) groups excluding carboxylic acids is 4. The average Bonchev–Trinajstić information content (AvgIpc) is 0.814. The van der Waals surface area contributed by atoms with Gasteiger partial charge in [-0.1, -0.05) is 169 Å². The van der Waals surface area contributed by atoms with Crippen LogP contribution in [0, 0.1) is 5.92 Å². The predicted octanol–water partition coefficient (Wildman–Crippen LogP) is 20.5. The molecule has 10 aromatic carbocycles. The number of ether oxygens (including phenoxy) is 5. The Bertz CT molecular complexity index is 4690. The van der Waals surface area contributed by atoms with Crippen LogP contribution in [0.5, 0.6) is 0 Å². The molecule has 0 saturated heterocycles. The summed E-state index contributed by atoms with van der Waals surface area (Å²) in [6, 6.07) is 65.7. The van der Waals surface area contributed by atoms with Gasteiger partial charge in [-0.2, -0.15) is 0 Å². The SMILES string of the molecule is COCc1cc(C(=O)CC(C)C)ccc1-c1ccc(Cl)cc1.COCc1cc(C(=O)N(C)C(C)C)ccc1-c1ccc(Cl)cc1.COCc1cc(C(=O)N(C)C)ccc1-c1ccc(Cl)cc1.COCc1cc(C(N)=O)ccc1-c1ccc(Cl)cc1.COCc1cc(S(=O)(=O)N(C)C)ccc1-c1ccc(Cl)cc1. The molecular formula is C86H93Cl5N4O11S. The number of sulfonamides is 1. The molecule has 21 heteroatoms. The van der Waals surface area contributed by atoms with Crippen LogP contribution in [0.3, 0.4) is 0 Å². The molecule has 0 bridgehead atoms. The lowest BCUT2D eigenvalue weighted by Gasteiger charge is -2.22. The zero-order valence-electron chi connectivity index (χ0n) is 62.8. The highest BCUT2D eigenvalue weighted by atomic mass is 35.5. The Morgan fingerprint density at radius 2 is 0.626 bits per heavy atom. The Labute approximate surface area is 656 Å². The molecule has 2 N–H and O–H groups in total. The van der Waals surface area contributed by atoms with Crippen LogP contribution in [0.4, 0.5) is 0 Å². The molecule has 0 aromatic heterocycles. The van der Waals surface area contributed by atoms with Crippen LogP contribution in [0.2, 0.25) is 25.1 Å². The van der Waals surface area contributed by atoms with Crippen LogP contribution in [0.15, 0.2) is 217 Å². The number of nitrogens with zero attached hydrogens (tertiary/aromatic N) is 3. The van der Waals surface area contributed by atoms with E-state index in [4.69, 9.17) is 87.4 Å². The summed E-state index contributed by atoms with van der Waals surface area (Å²) in [7, 11) is 13.0. The molecule has 564 valence electrons. The van der Waals surface area contributed by atoms with Crippen molar-refractivity contribution in [1.29, 1.82) is 0 Å². The summed E-state index contributed by atoms with van der Waals surface area (Å²) in [6.07, 6.45) is 0.562.